The number of ether oxygens (including phenoxy) is 2. The van der Waals surface area contributed by atoms with E-state index in [1.807, 2.05) is 30.3 Å². The molecule has 0 aliphatic carbocycles. The molecule has 0 saturated carbocycles. The molecule has 1 aromatic rings. The van der Waals surface area contributed by atoms with Crippen LogP contribution in [0.3, 0.4) is 0 Å². The van der Waals surface area contributed by atoms with Crippen LogP contribution in [-0.4, -0.2) is 63.1 Å². The Kier molecular flexibility index (Phi) is 6.37. The van der Waals surface area contributed by atoms with Crippen LogP contribution in [0.2, 0.25) is 5.82 Å². The minimum absolute atomic E-state index is 0.357. The lowest BCUT2D eigenvalue weighted by molar-refractivity contribution is -0.262. The summed E-state index contributed by atoms with van der Waals surface area (Å²) in [6, 6.07) is 9.84. The SMILES string of the molecule is CNC1OC(OC)C(O)C(B(Cc2ccccc2)OC)C1O. The second-order valence-electron chi connectivity index (χ2n) is 5.47. The standard InChI is InChI=1S/C15H24BNO5/c1-17-14-12(18)11(13(19)15(20-2)22-14)16(21-3)9-10-7-5-4-6-8-10/h4-8,11-15,17-19H,9H2,1-3H3. The van der Waals surface area contributed by atoms with E-state index in [4.69, 9.17) is 14.1 Å². The molecule has 122 valence electrons. The molecule has 0 radical (unpaired) electrons. The largest absolute Gasteiger partial charge is 0.438 e. The minimum Gasteiger partial charge on any atom is -0.438 e. The van der Waals surface area contributed by atoms with Gasteiger partial charge in [0, 0.05) is 20.0 Å². The summed E-state index contributed by atoms with van der Waals surface area (Å²) in [5, 5.41) is 23.9. The van der Waals surface area contributed by atoms with Crippen LogP contribution in [0.25, 0.3) is 0 Å². The van der Waals surface area contributed by atoms with Crippen LogP contribution >= 0.6 is 0 Å². The molecular formula is C15H24BNO5. The van der Waals surface area contributed by atoms with E-state index in [1.54, 1.807) is 14.2 Å². The topological polar surface area (TPSA) is 80.2 Å². The van der Waals surface area contributed by atoms with Gasteiger partial charge in [0.05, 0.1) is 6.10 Å². The Morgan fingerprint density at radius 3 is 2.41 bits per heavy atom. The number of hydrogen-bond acceptors (Lipinski definition) is 6. The zero-order chi connectivity index (χ0) is 16.1. The quantitative estimate of drug-likeness (QED) is 0.644. The lowest BCUT2D eigenvalue weighted by Gasteiger charge is -2.43. The predicted octanol–water partition coefficient (Wildman–Crippen LogP) is 0.0464. The monoisotopic (exact) mass is 309 g/mol. The van der Waals surface area contributed by atoms with Gasteiger partial charge in [0.25, 0.3) is 0 Å². The van der Waals surface area contributed by atoms with E-state index < -0.39 is 30.5 Å². The highest BCUT2D eigenvalue weighted by atomic mass is 16.7. The number of benzene rings is 1. The summed E-state index contributed by atoms with van der Waals surface area (Å²) in [6.07, 6.45) is -2.72. The first-order valence-electron chi connectivity index (χ1n) is 7.40. The summed E-state index contributed by atoms with van der Waals surface area (Å²) in [4.78, 5) is 0. The van der Waals surface area contributed by atoms with Crippen LogP contribution in [-0.2, 0) is 20.4 Å². The number of aliphatic hydroxyl groups excluding tert-OH is 2. The summed E-state index contributed by atoms with van der Waals surface area (Å²) < 4.78 is 16.2. The van der Waals surface area contributed by atoms with Gasteiger partial charge in [-0.1, -0.05) is 35.9 Å². The second-order valence-corrected chi connectivity index (χ2v) is 5.47. The molecule has 0 bridgehead atoms. The van der Waals surface area contributed by atoms with E-state index in [0.717, 1.165) is 5.56 Å². The van der Waals surface area contributed by atoms with Crippen LogP contribution in [0.15, 0.2) is 30.3 Å². The molecule has 0 aromatic heterocycles. The van der Waals surface area contributed by atoms with Gasteiger partial charge >= 0.3 is 6.92 Å². The Balaban J connectivity index is 2.20. The highest BCUT2D eigenvalue weighted by molar-refractivity contribution is 6.53. The lowest BCUT2D eigenvalue weighted by Crippen LogP contribution is -2.60. The van der Waals surface area contributed by atoms with Crippen molar-refractivity contribution >= 4 is 6.92 Å². The van der Waals surface area contributed by atoms with E-state index in [9.17, 15) is 10.2 Å². The molecule has 2 rings (SSSR count). The number of rotatable bonds is 6. The molecule has 1 saturated heterocycles. The second kappa shape index (κ2) is 8.05. The van der Waals surface area contributed by atoms with E-state index in [0.29, 0.717) is 6.32 Å². The van der Waals surface area contributed by atoms with Crippen molar-refractivity contribution in [3.8, 4) is 0 Å². The third-order valence-corrected chi connectivity index (χ3v) is 4.19. The van der Waals surface area contributed by atoms with Gasteiger partial charge in [0.15, 0.2) is 6.29 Å². The van der Waals surface area contributed by atoms with E-state index in [-0.39, 0.29) is 6.92 Å². The first kappa shape index (κ1) is 17.4. The van der Waals surface area contributed by atoms with Crippen molar-refractivity contribution in [2.75, 3.05) is 21.3 Å². The highest BCUT2D eigenvalue weighted by Crippen LogP contribution is 2.33. The van der Waals surface area contributed by atoms with Crippen molar-refractivity contribution in [1.82, 2.24) is 5.32 Å². The van der Waals surface area contributed by atoms with Crippen molar-refractivity contribution in [2.24, 2.45) is 0 Å². The van der Waals surface area contributed by atoms with Gasteiger partial charge < -0.3 is 24.3 Å². The normalized spacial score (nSPS) is 32.0. The highest BCUT2D eigenvalue weighted by Gasteiger charge is 2.49. The molecule has 7 heteroatoms. The summed E-state index contributed by atoms with van der Waals surface area (Å²) in [7, 11) is 4.74. The van der Waals surface area contributed by atoms with Gasteiger partial charge in [0.2, 0.25) is 0 Å². The van der Waals surface area contributed by atoms with E-state index >= 15 is 0 Å². The van der Waals surface area contributed by atoms with Crippen molar-refractivity contribution in [2.45, 2.75) is 36.9 Å². The molecule has 1 heterocycles. The fraction of sp³-hybridized carbons (Fsp3) is 0.600. The Bertz CT molecular complexity index is 433. The van der Waals surface area contributed by atoms with Crippen molar-refractivity contribution < 1.29 is 24.3 Å². The van der Waals surface area contributed by atoms with Crippen LogP contribution in [0.5, 0.6) is 0 Å². The van der Waals surface area contributed by atoms with Gasteiger partial charge in [-0.25, -0.2) is 0 Å². The number of likely N-dealkylation sites (N-methyl/N-ethyl adjacent to an activating group) is 1. The van der Waals surface area contributed by atoms with Crippen LogP contribution < -0.4 is 5.32 Å². The third-order valence-electron chi connectivity index (χ3n) is 4.19. The average molecular weight is 309 g/mol. The van der Waals surface area contributed by atoms with E-state index in [2.05, 4.69) is 5.32 Å². The summed E-state index contributed by atoms with van der Waals surface area (Å²) in [6.45, 7) is -0.357. The van der Waals surface area contributed by atoms with Gasteiger partial charge in [0.1, 0.15) is 12.3 Å². The first-order valence-corrected chi connectivity index (χ1v) is 7.40. The van der Waals surface area contributed by atoms with Crippen LogP contribution in [0.1, 0.15) is 5.56 Å². The fourth-order valence-corrected chi connectivity index (χ4v) is 2.99. The zero-order valence-corrected chi connectivity index (χ0v) is 13.2. The molecule has 0 spiro atoms. The molecule has 6 nitrogen and oxygen atoms in total. The maximum atomic E-state index is 10.5. The Labute approximate surface area is 131 Å². The van der Waals surface area contributed by atoms with E-state index in [1.165, 1.54) is 7.11 Å². The van der Waals surface area contributed by atoms with Crippen LogP contribution in [0.4, 0.5) is 0 Å². The Hall–Kier alpha value is -0.955. The van der Waals surface area contributed by atoms with Crippen LogP contribution in [0, 0.1) is 0 Å². The maximum absolute atomic E-state index is 10.5. The predicted molar refractivity (Wildman–Crippen MR) is 83.4 cm³/mol. The molecule has 22 heavy (non-hydrogen) atoms. The summed E-state index contributed by atoms with van der Waals surface area (Å²) in [5.74, 6) is -0.527. The molecule has 1 fully saturated rings. The molecule has 5 unspecified atom stereocenters. The minimum atomic E-state index is -0.974. The van der Waals surface area contributed by atoms with Gasteiger partial charge in [-0.3, -0.25) is 5.32 Å². The maximum Gasteiger partial charge on any atom is 0.305 e. The van der Waals surface area contributed by atoms with Crippen molar-refractivity contribution in [3.05, 3.63) is 35.9 Å². The third kappa shape index (κ3) is 3.68. The molecule has 1 aromatic carbocycles. The average Bonchev–Trinajstić information content (AvgIpc) is 2.55. The fourth-order valence-electron chi connectivity index (χ4n) is 2.99. The number of methoxy groups -OCH3 is 1. The van der Waals surface area contributed by atoms with Gasteiger partial charge in [-0.2, -0.15) is 0 Å². The van der Waals surface area contributed by atoms with Gasteiger partial charge in [-0.15, -0.1) is 0 Å². The molecular weight excluding hydrogens is 285 g/mol. The van der Waals surface area contributed by atoms with Crippen molar-refractivity contribution in [3.63, 3.8) is 0 Å². The molecule has 1 aliphatic rings. The Morgan fingerprint density at radius 1 is 1.18 bits per heavy atom. The number of nitrogens with one attached hydrogen (secondary N) is 1. The number of hydrogen-bond donors (Lipinski definition) is 3. The summed E-state index contributed by atoms with van der Waals surface area (Å²) in [5.41, 5.74) is 1.08. The summed E-state index contributed by atoms with van der Waals surface area (Å²) >= 11 is 0. The first-order chi connectivity index (χ1) is 10.6. The molecule has 0 amide bonds. The smallest absolute Gasteiger partial charge is 0.305 e. The zero-order valence-electron chi connectivity index (χ0n) is 13.2. The van der Waals surface area contributed by atoms with Crippen molar-refractivity contribution in [1.29, 1.82) is 0 Å². The van der Waals surface area contributed by atoms with Gasteiger partial charge in [-0.05, 0) is 13.4 Å². The lowest BCUT2D eigenvalue weighted by atomic mass is 9.48. The molecule has 1 aliphatic heterocycles. The number of aliphatic hydroxyl groups is 2. The molecule has 5 atom stereocenters. The molecule has 3 N–H and O–H groups in total. The Morgan fingerprint density at radius 2 is 1.86 bits per heavy atom.